The van der Waals surface area contributed by atoms with Crippen LogP contribution in [0.4, 0.5) is 4.39 Å². The Morgan fingerprint density at radius 1 is 1.73 bits per heavy atom. The van der Waals surface area contributed by atoms with Crippen molar-refractivity contribution in [2.24, 2.45) is 0 Å². The number of aliphatic hydroxyl groups is 1. The van der Waals surface area contributed by atoms with Crippen LogP contribution >= 0.6 is 0 Å². The molecule has 4 heteroatoms. The molecule has 1 N–H and O–H groups in total. The molecule has 1 unspecified atom stereocenters. The SMILES string of the molecule is O=C(CO)N1CCCC(F)C1. The van der Waals surface area contributed by atoms with Crippen LogP contribution in [0, 0.1) is 0 Å². The van der Waals surface area contributed by atoms with Crippen molar-refractivity contribution in [2.75, 3.05) is 19.7 Å². The topological polar surface area (TPSA) is 40.5 Å². The number of hydrogen-bond acceptors (Lipinski definition) is 2. The van der Waals surface area contributed by atoms with Crippen molar-refractivity contribution >= 4 is 5.91 Å². The van der Waals surface area contributed by atoms with Gasteiger partial charge in [-0.15, -0.1) is 0 Å². The summed E-state index contributed by atoms with van der Waals surface area (Å²) in [6, 6.07) is 0. The highest BCUT2D eigenvalue weighted by molar-refractivity contribution is 5.77. The number of carbonyl (C=O) groups is 1. The third-order valence-corrected chi connectivity index (χ3v) is 1.85. The van der Waals surface area contributed by atoms with Crippen LogP contribution in [0.1, 0.15) is 12.8 Å². The van der Waals surface area contributed by atoms with E-state index in [0.717, 1.165) is 0 Å². The van der Waals surface area contributed by atoms with Crippen LogP contribution in [0.15, 0.2) is 0 Å². The van der Waals surface area contributed by atoms with Crippen molar-refractivity contribution in [1.82, 2.24) is 4.90 Å². The predicted molar refractivity (Wildman–Crippen MR) is 37.8 cm³/mol. The Morgan fingerprint density at radius 3 is 3.00 bits per heavy atom. The third kappa shape index (κ3) is 2.15. The van der Waals surface area contributed by atoms with E-state index in [2.05, 4.69) is 0 Å². The normalized spacial score (nSPS) is 25.3. The highest BCUT2D eigenvalue weighted by Gasteiger charge is 2.21. The lowest BCUT2D eigenvalue weighted by Gasteiger charge is -2.28. The Kier molecular flexibility index (Phi) is 2.82. The molecule has 3 nitrogen and oxygen atoms in total. The summed E-state index contributed by atoms with van der Waals surface area (Å²) in [6.07, 6.45) is 0.335. The molecule has 0 bridgehead atoms. The van der Waals surface area contributed by atoms with Crippen LogP contribution in [0.25, 0.3) is 0 Å². The fraction of sp³-hybridized carbons (Fsp3) is 0.857. The molecule has 0 aliphatic carbocycles. The van der Waals surface area contributed by atoms with Gasteiger partial charge in [-0.05, 0) is 12.8 Å². The molecular weight excluding hydrogens is 149 g/mol. The van der Waals surface area contributed by atoms with Gasteiger partial charge < -0.3 is 10.0 Å². The number of amides is 1. The Bertz CT molecular complexity index is 151. The number of halogens is 1. The van der Waals surface area contributed by atoms with E-state index in [4.69, 9.17) is 5.11 Å². The number of aliphatic hydroxyl groups excluding tert-OH is 1. The van der Waals surface area contributed by atoms with E-state index in [1.165, 1.54) is 4.90 Å². The van der Waals surface area contributed by atoms with E-state index in [9.17, 15) is 9.18 Å². The first-order valence-corrected chi connectivity index (χ1v) is 3.76. The number of alkyl halides is 1. The molecule has 11 heavy (non-hydrogen) atoms. The maximum atomic E-state index is 12.7. The third-order valence-electron chi connectivity index (χ3n) is 1.85. The lowest BCUT2D eigenvalue weighted by molar-refractivity contribution is -0.136. The van der Waals surface area contributed by atoms with E-state index in [1.807, 2.05) is 0 Å². The standard InChI is InChI=1S/C7H12FNO2/c8-6-2-1-3-9(4-6)7(11)5-10/h6,10H,1-5H2. The van der Waals surface area contributed by atoms with Gasteiger partial charge >= 0.3 is 0 Å². The van der Waals surface area contributed by atoms with E-state index >= 15 is 0 Å². The first-order valence-electron chi connectivity index (χ1n) is 3.76. The number of carbonyl (C=O) groups excluding carboxylic acids is 1. The monoisotopic (exact) mass is 161 g/mol. The van der Waals surface area contributed by atoms with E-state index in [1.54, 1.807) is 0 Å². The summed E-state index contributed by atoms with van der Waals surface area (Å²) in [5.74, 6) is -0.368. The van der Waals surface area contributed by atoms with Gasteiger partial charge in [-0.1, -0.05) is 0 Å². The largest absolute Gasteiger partial charge is 0.387 e. The minimum atomic E-state index is -0.903. The molecule has 0 aromatic heterocycles. The van der Waals surface area contributed by atoms with Crippen molar-refractivity contribution in [3.05, 3.63) is 0 Å². The average Bonchev–Trinajstić information content (AvgIpc) is 2.03. The number of nitrogens with zero attached hydrogens (tertiary/aromatic N) is 1. The van der Waals surface area contributed by atoms with Gasteiger partial charge in [0.15, 0.2) is 0 Å². The van der Waals surface area contributed by atoms with E-state index in [-0.39, 0.29) is 12.5 Å². The molecule has 0 aromatic rings. The second-order valence-corrected chi connectivity index (χ2v) is 2.74. The quantitative estimate of drug-likeness (QED) is 0.585. The van der Waals surface area contributed by atoms with Crippen LogP contribution in [-0.4, -0.2) is 41.8 Å². The fourth-order valence-electron chi connectivity index (χ4n) is 1.25. The highest BCUT2D eigenvalue weighted by Crippen LogP contribution is 2.12. The number of likely N-dealkylation sites (tertiary alicyclic amines) is 1. The number of piperidine rings is 1. The molecule has 0 aromatic carbocycles. The molecule has 1 rings (SSSR count). The van der Waals surface area contributed by atoms with Crippen LogP contribution in [0.3, 0.4) is 0 Å². The first kappa shape index (κ1) is 8.46. The maximum Gasteiger partial charge on any atom is 0.248 e. The van der Waals surface area contributed by atoms with Crippen LogP contribution in [-0.2, 0) is 4.79 Å². The minimum absolute atomic E-state index is 0.152. The number of hydrogen-bond donors (Lipinski definition) is 1. The molecule has 0 spiro atoms. The number of rotatable bonds is 1. The summed E-state index contributed by atoms with van der Waals surface area (Å²) >= 11 is 0. The van der Waals surface area contributed by atoms with Gasteiger partial charge in [0, 0.05) is 6.54 Å². The molecule has 0 saturated carbocycles. The van der Waals surface area contributed by atoms with Crippen LogP contribution in [0.2, 0.25) is 0 Å². The average molecular weight is 161 g/mol. The smallest absolute Gasteiger partial charge is 0.248 e. The molecular formula is C7H12FNO2. The van der Waals surface area contributed by atoms with Gasteiger partial charge in [-0.3, -0.25) is 4.79 Å². The minimum Gasteiger partial charge on any atom is -0.387 e. The molecule has 1 aliphatic heterocycles. The second-order valence-electron chi connectivity index (χ2n) is 2.74. The summed E-state index contributed by atoms with van der Waals surface area (Å²) in [4.78, 5) is 12.2. The lowest BCUT2D eigenvalue weighted by Crippen LogP contribution is -2.42. The van der Waals surface area contributed by atoms with E-state index < -0.39 is 12.8 Å². The first-order chi connectivity index (χ1) is 5.24. The van der Waals surface area contributed by atoms with Crippen molar-refractivity contribution < 1.29 is 14.3 Å². The van der Waals surface area contributed by atoms with Crippen LogP contribution < -0.4 is 0 Å². The molecule has 1 fully saturated rings. The van der Waals surface area contributed by atoms with Gasteiger partial charge in [-0.2, -0.15) is 0 Å². The van der Waals surface area contributed by atoms with Gasteiger partial charge in [0.25, 0.3) is 0 Å². The van der Waals surface area contributed by atoms with Gasteiger partial charge in [0.2, 0.25) is 5.91 Å². The molecule has 0 radical (unpaired) electrons. The van der Waals surface area contributed by atoms with Gasteiger partial charge in [-0.25, -0.2) is 4.39 Å². The summed E-state index contributed by atoms with van der Waals surface area (Å²) < 4.78 is 12.7. The molecule has 1 aliphatic rings. The Morgan fingerprint density at radius 2 is 2.45 bits per heavy atom. The maximum absolute atomic E-state index is 12.7. The Balaban J connectivity index is 2.39. The summed E-state index contributed by atoms with van der Waals surface area (Å²) in [5, 5.41) is 8.46. The predicted octanol–water partition coefficient (Wildman–Crippen LogP) is -0.0608. The van der Waals surface area contributed by atoms with Crippen molar-refractivity contribution in [3.63, 3.8) is 0 Å². The zero-order chi connectivity index (χ0) is 8.27. The zero-order valence-electron chi connectivity index (χ0n) is 6.29. The summed E-state index contributed by atoms with van der Waals surface area (Å²) in [7, 11) is 0. The highest BCUT2D eigenvalue weighted by atomic mass is 19.1. The molecule has 1 amide bonds. The van der Waals surface area contributed by atoms with Crippen molar-refractivity contribution in [1.29, 1.82) is 0 Å². The van der Waals surface area contributed by atoms with Crippen molar-refractivity contribution in [2.45, 2.75) is 19.0 Å². The van der Waals surface area contributed by atoms with Crippen molar-refractivity contribution in [3.8, 4) is 0 Å². The summed E-state index contributed by atoms with van der Waals surface area (Å²) in [5.41, 5.74) is 0. The second kappa shape index (κ2) is 3.67. The van der Waals surface area contributed by atoms with Crippen LogP contribution in [0.5, 0.6) is 0 Å². The molecule has 1 atom stereocenters. The fourth-order valence-corrected chi connectivity index (χ4v) is 1.25. The molecule has 64 valence electrons. The molecule has 1 saturated heterocycles. The Hall–Kier alpha value is -0.640. The summed E-state index contributed by atoms with van der Waals surface area (Å²) in [6.45, 7) is 0.228. The van der Waals surface area contributed by atoms with Gasteiger partial charge in [0.1, 0.15) is 12.8 Å². The molecule has 1 heterocycles. The lowest BCUT2D eigenvalue weighted by atomic mass is 10.1. The van der Waals surface area contributed by atoms with Gasteiger partial charge in [0.05, 0.1) is 6.54 Å². The zero-order valence-corrected chi connectivity index (χ0v) is 6.29. The van der Waals surface area contributed by atoms with E-state index in [0.29, 0.717) is 19.4 Å². The Labute approximate surface area is 64.8 Å².